The number of carbonyl (C=O) groups is 2. The first-order valence-corrected chi connectivity index (χ1v) is 11.1. The van der Waals surface area contributed by atoms with E-state index in [1.807, 2.05) is 37.3 Å². The Morgan fingerprint density at radius 3 is 2.37 bits per heavy atom. The van der Waals surface area contributed by atoms with Gasteiger partial charge in [0.05, 0.1) is 4.47 Å². The van der Waals surface area contributed by atoms with E-state index in [9.17, 15) is 9.59 Å². The van der Waals surface area contributed by atoms with E-state index in [2.05, 4.69) is 35.1 Å². The Morgan fingerprint density at radius 2 is 1.83 bits per heavy atom. The van der Waals surface area contributed by atoms with Crippen LogP contribution in [-0.4, -0.2) is 36.4 Å². The summed E-state index contributed by atoms with van der Waals surface area (Å²) in [6.07, 6.45) is 0.492. The van der Waals surface area contributed by atoms with E-state index >= 15 is 0 Å². The molecule has 0 radical (unpaired) electrons. The lowest BCUT2D eigenvalue weighted by molar-refractivity contribution is -0.142. The lowest BCUT2D eigenvalue weighted by Gasteiger charge is -2.30. The van der Waals surface area contributed by atoms with Gasteiger partial charge in [0.15, 0.2) is 6.61 Å². The fraction of sp³-hybridized carbons (Fsp3) is 0.391. The Bertz CT molecular complexity index is 871. The molecule has 0 spiro atoms. The molecule has 2 aromatic rings. The molecule has 2 amide bonds. The molecule has 2 rings (SSSR count). The minimum Gasteiger partial charge on any atom is -0.483 e. The van der Waals surface area contributed by atoms with Crippen LogP contribution < -0.4 is 10.1 Å². The smallest absolute Gasteiger partial charge is 0.261 e. The van der Waals surface area contributed by atoms with Crippen LogP contribution in [0, 0.1) is 0 Å². The summed E-state index contributed by atoms with van der Waals surface area (Å²) in [6, 6.07) is 12.5. The highest BCUT2D eigenvalue weighted by molar-refractivity contribution is 9.10. The van der Waals surface area contributed by atoms with Gasteiger partial charge in [-0.05, 0) is 63.7 Å². The number of nitrogens with zero attached hydrogens (tertiary/aromatic N) is 1. The molecule has 162 valence electrons. The second-order valence-corrected chi connectivity index (χ2v) is 8.61. The predicted octanol–water partition coefficient (Wildman–Crippen LogP) is 5.16. The second-order valence-electron chi connectivity index (χ2n) is 7.32. The maximum atomic E-state index is 13.1. The number of rotatable bonds is 9. The molecule has 7 heteroatoms. The Labute approximate surface area is 191 Å². The topological polar surface area (TPSA) is 58.6 Å². The van der Waals surface area contributed by atoms with Crippen LogP contribution in [0.3, 0.4) is 0 Å². The molecule has 0 saturated heterocycles. The average molecular weight is 496 g/mol. The van der Waals surface area contributed by atoms with Crippen molar-refractivity contribution >= 4 is 39.3 Å². The second kappa shape index (κ2) is 11.4. The van der Waals surface area contributed by atoms with Gasteiger partial charge < -0.3 is 15.0 Å². The van der Waals surface area contributed by atoms with Crippen molar-refractivity contribution in [3.8, 4) is 5.75 Å². The summed E-state index contributed by atoms with van der Waals surface area (Å²) in [6.45, 7) is 6.23. The highest BCUT2D eigenvalue weighted by Crippen LogP contribution is 2.29. The van der Waals surface area contributed by atoms with Gasteiger partial charge in [-0.3, -0.25) is 9.59 Å². The third kappa shape index (κ3) is 6.47. The number of carbonyl (C=O) groups excluding carboxylic acids is 2. The summed E-state index contributed by atoms with van der Waals surface area (Å²) in [5, 5.41) is 3.26. The molecular weight excluding hydrogens is 468 g/mol. The SMILES string of the molecule is CC[C@H](C(=O)NC)N(Cc1ccc(Cl)cc1)C(=O)COc1ccc(C(C)C)cc1Br. The summed E-state index contributed by atoms with van der Waals surface area (Å²) in [7, 11) is 1.57. The van der Waals surface area contributed by atoms with Crippen LogP contribution in [0.1, 0.15) is 44.2 Å². The minimum absolute atomic E-state index is 0.166. The molecule has 5 nitrogen and oxygen atoms in total. The first-order chi connectivity index (χ1) is 14.3. The molecule has 0 aliphatic rings. The number of likely N-dealkylation sites (N-methyl/N-ethyl adjacent to an activating group) is 1. The molecule has 0 aliphatic carbocycles. The van der Waals surface area contributed by atoms with Crippen LogP contribution in [0.5, 0.6) is 5.75 Å². The molecule has 0 bridgehead atoms. The molecule has 2 aromatic carbocycles. The van der Waals surface area contributed by atoms with Crippen molar-refractivity contribution in [2.24, 2.45) is 0 Å². The molecule has 0 saturated carbocycles. The van der Waals surface area contributed by atoms with Gasteiger partial charge in [0.2, 0.25) is 5.91 Å². The zero-order chi connectivity index (χ0) is 22.3. The summed E-state index contributed by atoms with van der Waals surface area (Å²) in [5.41, 5.74) is 2.06. The third-order valence-electron chi connectivity index (χ3n) is 4.87. The third-order valence-corrected chi connectivity index (χ3v) is 5.74. The van der Waals surface area contributed by atoms with Crippen LogP contribution in [0.4, 0.5) is 0 Å². The van der Waals surface area contributed by atoms with Crippen molar-refractivity contribution in [3.05, 3.63) is 63.1 Å². The quantitative estimate of drug-likeness (QED) is 0.523. The Morgan fingerprint density at radius 1 is 1.17 bits per heavy atom. The van der Waals surface area contributed by atoms with Crippen molar-refractivity contribution in [2.75, 3.05) is 13.7 Å². The first-order valence-electron chi connectivity index (χ1n) is 9.94. The lowest BCUT2D eigenvalue weighted by atomic mass is 10.0. The Hall–Kier alpha value is -2.05. The van der Waals surface area contributed by atoms with E-state index in [-0.39, 0.29) is 18.4 Å². The highest BCUT2D eigenvalue weighted by atomic mass is 79.9. The van der Waals surface area contributed by atoms with Gasteiger partial charge in [0.1, 0.15) is 11.8 Å². The number of halogens is 2. The van der Waals surface area contributed by atoms with E-state index in [1.165, 1.54) is 5.56 Å². The number of nitrogens with one attached hydrogen (secondary N) is 1. The van der Waals surface area contributed by atoms with Crippen molar-refractivity contribution in [1.29, 1.82) is 0 Å². The van der Waals surface area contributed by atoms with Gasteiger partial charge in [-0.2, -0.15) is 0 Å². The predicted molar refractivity (Wildman–Crippen MR) is 124 cm³/mol. The molecule has 0 heterocycles. The maximum Gasteiger partial charge on any atom is 0.261 e. The highest BCUT2D eigenvalue weighted by Gasteiger charge is 2.28. The molecule has 1 N–H and O–H groups in total. The maximum absolute atomic E-state index is 13.1. The zero-order valence-corrected chi connectivity index (χ0v) is 20.1. The zero-order valence-electron chi connectivity index (χ0n) is 17.7. The largest absolute Gasteiger partial charge is 0.483 e. The lowest BCUT2D eigenvalue weighted by Crippen LogP contribution is -2.49. The number of ether oxygens (including phenoxy) is 1. The van der Waals surface area contributed by atoms with E-state index < -0.39 is 6.04 Å². The number of hydrogen-bond donors (Lipinski definition) is 1. The Balaban J connectivity index is 2.19. The van der Waals surface area contributed by atoms with E-state index in [0.717, 1.165) is 10.0 Å². The number of benzene rings is 2. The average Bonchev–Trinajstić information content (AvgIpc) is 2.73. The monoisotopic (exact) mass is 494 g/mol. The van der Waals surface area contributed by atoms with Gasteiger partial charge in [0, 0.05) is 18.6 Å². The molecule has 1 atom stereocenters. The van der Waals surface area contributed by atoms with Gasteiger partial charge in [-0.1, -0.05) is 50.6 Å². The van der Waals surface area contributed by atoms with Gasteiger partial charge in [-0.15, -0.1) is 0 Å². The van der Waals surface area contributed by atoms with Crippen molar-refractivity contribution in [3.63, 3.8) is 0 Å². The summed E-state index contributed by atoms with van der Waals surface area (Å²) in [5.74, 6) is 0.513. The molecule has 0 aliphatic heterocycles. The van der Waals surface area contributed by atoms with E-state index in [0.29, 0.717) is 29.7 Å². The van der Waals surface area contributed by atoms with Gasteiger partial charge in [0.25, 0.3) is 5.91 Å². The Kier molecular flexibility index (Phi) is 9.18. The molecule has 0 aromatic heterocycles. The van der Waals surface area contributed by atoms with Crippen LogP contribution in [0.15, 0.2) is 46.9 Å². The first kappa shape index (κ1) is 24.2. The van der Waals surface area contributed by atoms with Crippen molar-refractivity contribution in [1.82, 2.24) is 10.2 Å². The number of hydrogen-bond acceptors (Lipinski definition) is 3. The normalized spacial score (nSPS) is 11.8. The summed E-state index contributed by atoms with van der Waals surface area (Å²) in [4.78, 5) is 27.0. The van der Waals surface area contributed by atoms with Crippen LogP contribution >= 0.6 is 27.5 Å². The fourth-order valence-electron chi connectivity index (χ4n) is 3.09. The van der Waals surface area contributed by atoms with E-state index in [4.69, 9.17) is 16.3 Å². The fourth-order valence-corrected chi connectivity index (χ4v) is 3.73. The molecular formula is C23H28BrClN2O3. The van der Waals surface area contributed by atoms with Crippen LogP contribution in [-0.2, 0) is 16.1 Å². The van der Waals surface area contributed by atoms with E-state index in [1.54, 1.807) is 24.1 Å². The van der Waals surface area contributed by atoms with Gasteiger partial charge >= 0.3 is 0 Å². The standard InChI is InChI=1S/C23H28BrClN2O3/c1-5-20(23(29)26-4)27(13-16-6-9-18(25)10-7-16)22(28)14-30-21-11-8-17(15(2)3)12-19(21)24/h6-12,15,20H,5,13-14H2,1-4H3,(H,26,29)/t20-/m1/s1. The van der Waals surface area contributed by atoms with Crippen molar-refractivity contribution < 1.29 is 14.3 Å². The minimum atomic E-state index is -0.589. The van der Waals surface area contributed by atoms with Crippen molar-refractivity contribution in [2.45, 2.75) is 45.7 Å². The van der Waals surface area contributed by atoms with Gasteiger partial charge in [-0.25, -0.2) is 0 Å². The van der Waals surface area contributed by atoms with Crippen LogP contribution in [0.25, 0.3) is 0 Å². The molecule has 0 fully saturated rings. The summed E-state index contributed by atoms with van der Waals surface area (Å²) < 4.78 is 6.58. The number of amides is 2. The van der Waals surface area contributed by atoms with Crippen LogP contribution in [0.2, 0.25) is 5.02 Å². The molecule has 0 unspecified atom stereocenters. The summed E-state index contributed by atoms with van der Waals surface area (Å²) >= 11 is 9.48. The molecule has 30 heavy (non-hydrogen) atoms.